The summed E-state index contributed by atoms with van der Waals surface area (Å²) < 4.78 is 5.59. The summed E-state index contributed by atoms with van der Waals surface area (Å²) in [5.41, 5.74) is 3.75. The number of benzene rings is 2. The summed E-state index contributed by atoms with van der Waals surface area (Å²) >= 11 is 0. The van der Waals surface area contributed by atoms with Crippen LogP contribution in [0.5, 0.6) is 0 Å². The lowest BCUT2D eigenvalue weighted by Gasteiger charge is -2.31. The Labute approximate surface area is 205 Å². The Kier molecular flexibility index (Phi) is 7.24. The van der Waals surface area contributed by atoms with Crippen molar-refractivity contribution in [2.24, 2.45) is 11.3 Å². The van der Waals surface area contributed by atoms with Crippen LogP contribution in [0.1, 0.15) is 50.2 Å². The van der Waals surface area contributed by atoms with Crippen molar-refractivity contribution < 1.29 is 24.2 Å². The van der Waals surface area contributed by atoms with Crippen LogP contribution in [0.2, 0.25) is 0 Å². The van der Waals surface area contributed by atoms with Gasteiger partial charge in [-0.05, 0) is 48.4 Å². The van der Waals surface area contributed by atoms with E-state index in [4.69, 9.17) is 4.74 Å². The summed E-state index contributed by atoms with van der Waals surface area (Å²) in [5, 5.41) is 15.0. The molecule has 1 unspecified atom stereocenters. The molecule has 0 fully saturated rings. The number of fused-ring (bicyclic) bond motifs is 3. The number of allylic oxidation sites excluding steroid dienone is 1. The molecule has 7 heteroatoms. The molecule has 0 saturated heterocycles. The van der Waals surface area contributed by atoms with Crippen LogP contribution in [0.3, 0.4) is 0 Å². The number of carboxylic acids is 1. The third-order valence-electron chi connectivity index (χ3n) is 7.29. The monoisotopic (exact) mass is 476 g/mol. The first kappa shape index (κ1) is 24.5. The summed E-state index contributed by atoms with van der Waals surface area (Å²) in [7, 11) is 0. The number of hydrogen-bond donors (Lipinski definition) is 3. The second-order valence-electron chi connectivity index (χ2n) is 9.61. The molecule has 4 rings (SSSR count). The maximum absolute atomic E-state index is 13.0. The van der Waals surface area contributed by atoms with Gasteiger partial charge in [0.2, 0.25) is 5.91 Å². The zero-order valence-corrected chi connectivity index (χ0v) is 20.1. The summed E-state index contributed by atoms with van der Waals surface area (Å²) in [5.74, 6) is -1.62. The van der Waals surface area contributed by atoms with E-state index in [-0.39, 0.29) is 31.0 Å². The van der Waals surface area contributed by atoms with E-state index in [0.717, 1.165) is 22.3 Å². The number of rotatable bonds is 8. The highest BCUT2D eigenvalue weighted by atomic mass is 16.5. The average Bonchev–Trinajstić information content (AvgIpc) is 3.19. The molecule has 2 aromatic carbocycles. The van der Waals surface area contributed by atoms with Crippen molar-refractivity contribution in [3.63, 3.8) is 0 Å². The molecule has 2 aliphatic rings. The van der Waals surface area contributed by atoms with Gasteiger partial charge >= 0.3 is 12.1 Å². The van der Waals surface area contributed by atoms with E-state index in [1.807, 2.05) is 37.3 Å². The minimum Gasteiger partial charge on any atom is -0.481 e. The zero-order valence-electron chi connectivity index (χ0n) is 20.1. The van der Waals surface area contributed by atoms with Crippen molar-refractivity contribution in [1.29, 1.82) is 0 Å². The van der Waals surface area contributed by atoms with Crippen molar-refractivity contribution in [2.75, 3.05) is 13.2 Å². The molecule has 35 heavy (non-hydrogen) atoms. The van der Waals surface area contributed by atoms with Crippen molar-refractivity contribution in [1.82, 2.24) is 10.6 Å². The Balaban J connectivity index is 1.33. The van der Waals surface area contributed by atoms with Gasteiger partial charge in [0.15, 0.2) is 0 Å². The van der Waals surface area contributed by atoms with Crippen LogP contribution in [-0.2, 0) is 14.3 Å². The minimum absolute atomic E-state index is 0.0331. The van der Waals surface area contributed by atoms with Crippen molar-refractivity contribution in [3.8, 4) is 11.1 Å². The fraction of sp³-hybridized carbons (Fsp3) is 0.393. The Morgan fingerprint density at radius 2 is 1.69 bits per heavy atom. The Morgan fingerprint density at radius 1 is 1.06 bits per heavy atom. The number of carbonyl (C=O) groups excluding carboxylic acids is 2. The van der Waals surface area contributed by atoms with Crippen LogP contribution in [0.4, 0.5) is 4.79 Å². The number of carbonyl (C=O) groups is 3. The molecule has 184 valence electrons. The first-order chi connectivity index (χ1) is 16.8. The molecule has 0 radical (unpaired) electrons. The standard InChI is InChI=1S/C28H32N2O5/c1-3-28(2,26(33)30-19-10-8-9-18(15-19)25(31)32)17-29-27(34)35-16-24-22-13-6-4-11-20(22)21-12-5-7-14-23(21)24/h4-8,10-14,18-19,24H,3,9,15-17H2,1-2H3,(H,29,34)(H,30,33)(H,31,32)/t18-,19-,28?/m1/s1. The number of aliphatic carboxylic acids is 1. The zero-order chi connectivity index (χ0) is 25.0. The molecule has 0 spiro atoms. The summed E-state index contributed by atoms with van der Waals surface area (Å²) in [6.45, 7) is 3.99. The van der Waals surface area contributed by atoms with Gasteiger partial charge in [-0.15, -0.1) is 0 Å². The number of alkyl carbamates (subject to hydrolysis) is 1. The summed E-state index contributed by atoms with van der Waals surface area (Å²) in [4.78, 5) is 36.9. The third kappa shape index (κ3) is 5.24. The molecule has 0 bridgehead atoms. The van der Waals surface area contributed by atoms with Crippen LogP contribution in [-0.4, -0.2) is 42.3 Å². The van der Waals surface area contributed by atoms with Gasteiger partial charge in [-0.25, -0.2) is 4.79 Å². The Bertz CT molecular complexity index is 1100. The number of hydrogen-bond acceptors (Lipinski definition) is 4. The van der Waals surface area contributed by atoms with Gasteiger partial charge in [0.1, 0.15) is 6.61 Å². The van der Waals surface area contributed by atoms with Crippen LogP contribution in [0.15, 0.2) is 60.7 Å². The third-order valence-corrected chi connectivity index (χ3v) is 7.29. The molecule has 3 atom stereocenters. The quantitative estimate of drug-likeness (QED) is 0.488. The molecule has 0 aromatic heterocycles. The highest BCUT2D eigenvalue weighted by Crippen LogP contribution is 2.44. The number of ether oxygens (including phenoxy) is 1. The molecule has 2 aromatic rings. The predicted octanol–water partition coefficient (Wildman–Crippen LogP) is 4.48. The molecule has 7 nitrogen and oxygen atoms in total. The lowest BCUT2D eigenvalue weighted by molar-refractivity contribution is -0.142. The minimum atomic E-state index is -0.858. The lowest BCUT2D eigenvalue weighted by Crippen LogP contribution is -2.50. The van der Waals surface area contributed by atoms with E-state index in [2.05, 4.69) is 34.9 Å². The van der Waals surface area contributed by atoms with Crippen LogP contribution in [0, 0.1) is 11.3 Å². The second-order valence-corrected chi connectivity index (χ2v) is 9.61. The van der Waals surface area contributed by atoms with Crippen molar-refractivity contribution in [3.05, 3.63) is 71.8 Å². The van der Waals surface area contributed by atoms with E-state index < -0.39 is 23.4 Å². The smallest absolute Gasteiger partial charge is 0.407 e. The lowest BCUT2D eigenvalue weighted by atomic mass is 9.85. The van der Waals surface area contributed by atoms with Crippen LogP contribution < -0.4 is 10.6 Å². The maximum Gasteiger partial charge on any atom is 0.407 e. The van der Waals surface area contributed by atoms with Crippen LogP contribution >= 0.6 is 0 Å². The normalized spacial score (nSPS) is 20.3. The number of amides is 2. The molecular weight excluding hydrogens is 444 g/mol. The van der Waals surface area contributed by atoms with Gasteiger partial charge in [0.25, 0.3) is 0 Å². The van der Waals surface area contributed by atoms with Gasteiger partial charge in [-0.3, -0.25) is 9.59 Å². The fourth-order valence-electron chi connectivity index (χ4n) is 4.82. The van der Waals surface area contributed by atoms with Gasteiger partial charge in [0.05, 0.1) is 11.3 Å². The first-order valence-electron chi connectivity index (χ1n) is 12.1. The topological polar surface area (TPSA) is 105 Å². The fourth-order valence-corrected chi connectivity index (χ4v) is 4.82. The van der Waals surface area contributed by atoms with Gasteiger partial charge in [-0.1, -0.05) is 67.6 Å². The average molecular weight is 477 g/mol. The van der Waals surface area contributed by atoms with Crippen molar-refractivity contribution >= 4 is 18.0 Å². The highest BCUT2D eigenvalue weighted by Gasteiger charge is 2.35. The number of carboxylic acid groups (broad SMARTS) is 1. The predicted molar refractivity (Wildman–Crippen MR) is 133 cm³/mol. The first-order valence-corrected chi connectivity index (χ1v) is 12.1. The maximum atomic E-state index is 13.0. The molecule has 3 N–H and O–H groups in total. The van der Waals surface area contributed by atoms with E-state index in [9.17, 15) is 19.5 Å². The van der Waals surface area contributed by atoms with E-state index in [0.29, 0.717) is 19.3 Å². The SMILES string of the molecule is CCC(C)(CNC(=O)OCC1c2ccccc2-c2ccccc21)C(=O)N[C@@H]1C=CC[C@@H](C(=O)O)C1. The van der Waals surface area contributed by atoms with E-state index in [1.165, 1.54) is 0 Å². The van der Waals surface area contributed by atoms with Gasteiger partial charge in [-0.2, -0.15) is 0 Å². The summed E-state index contributed by atoms with van der Waals surface area (Å²) in [6, 6.07) is 16.0. The molecular formula is C28H32N2O5. The molecule has 2 amide bonds. The molecule has 0 saturated carbocycles. The van der Waals surface area contributed by atoms with E-state index in [1.54, 1.807) is 13.0 Å². The van der Waals surface area contributed by atoms with Gasteiger partial charge < -0.3 is 20.5 Å². The Hall–Kier alpha value is -3.61. The second kappa shape index (κ2) is 10.3. The molecule has 0 heterocycles. The Morgan fingerprint density at radius 3 is 2.29 bits per heavy atom. The highest BCUT2D eigenvalue weighted by molar-refractivity contribution is 5.84. The van der Waals surface area contributed by atoms with Crippen molar-refractivity contribution in [2.45, 2.75) is 45.1 Å². The van der Waals surface area contributed by atoms with Gasteiger partial charge in [0, 0.05) is 18.5 Å². The molecule has 2 aliphatic carbocycles. The van der Waals surface area contributed by atoms with E-state index >= 15 is 0 Å². The largest absolute Gasteiger partial charge is 0.481 e. The van der Waals surface area contributed by atoms with Crippen LogP contribution in [0.25, 0.3) is 11.1 Å². The summed E-state index contributed by atoms with van der Waals surface area (Å²) in [6.07, 6.45) is 4.40. The molecule has 0 aliphatic heterocycles. The number of nitrogens with one attached hydrogen (secondary N) is 2.